The van der Waals surface area contributed by atoms with Crippen molar-refractivity contribution in [2.45, 2.75) is 70.6 Å². The third-order valence-electron chi connectivity index (χ3n) is 8.19. The van der Waals surface area contributed by atoms with Crippen molar-refractivity contribution in [2.75, 3.05) is 6.61 Å². The predicted molar refractivity (Wildman–Crippen MR) is 157 cm³/mol. The Morgan fingerprint density at radius 3 is 2.61 bits per heavy atom. The van der Waals surface area contributed by atoms with Crippen molar-refractivity contribution in [2.24, 2.45) is 5.92 Å². The van der Waals surface area contributed by atoms with Gasteiger partial charge < -0.3 is 19.1 Å². The van der Waals surface area contributed by atoms with Crippen LogP contribution in [0.5, 0.6) is 5.88 Å². The van der Waals surface area contributed by atoms with Gasteiger partial charge in [0, 0.05) is 30.7 Å². The third-order valence-corrected chi connectivity index (χ3v) is 9.85. The van der Waals surface area contributed by atoms with E-state index in [4.69, 9.17) is 31.0 Å². The number of halogens is 1. The van der Waals surface area contributed by atoms with Crippen molar-refractivity contribution in [3.63, 3.8) is 0 Å². The van der Waals surface area contributed by atoms with E-state index < -0.39 is 5.97 Å². The normalized spacial score (nSPS) is 20.6. The summed E-state index contributed by atoms with van der Waals surface area (Å²) in [4.78, 5) is 34.4. The molecule has 41 heavy (non-hydrogen) atoms. The van der Waals surface area contributed by atoms with Gasteiger partial charge in [-0.25, -0.2) is 14.8 Å². The zero-order valence-corrected chi connectivity index (χ0v) is 24.4. The summed E-state index contributed by atoms with van der Waals surface area (Å²) in [5.41, 5.74) is 3.02. The number of hydrogen-bond acceptors (Lipinski definition) is 7. The summed E-state index contributed by atoms with van der Waals surface area (Å²) in [5, 5.41) is 10.1. The van der Waals surface area contributed by atoms with Crippen LogP contribution >= 0.6 is 22.9 Å². The third kappa shape index (κ3) is 6.17. The highest BCUT2D eigenvalue weighted by atomic mass is 35.5. The molecule has 214 valence electrons. The molecular weight excluding hydrogens is 562 g/mol. The lowest BCUT2D eigenvalue weighted by atomic mass is 9.79. The van der Waals surface area contributed by atoms with Gasteiger partial charge in [0.25, 0.3) is 0 Å². The number of carbonyl (C=O) groups excluding carboxylic acids is 1. The van der Waals surface area contributed by atoms with E-state index in [1.807, 2.05) is 18.2 Å². The van der Waals surface area contributed by atoms with E-state index in [0.29, 0.717) is 34.2 Å². The van der Waals surface area contributed by atoms with Crippen molar-refractivity contribution in [3.05, 3.63) is 74.3 Å². The monoisotopic (exact) mass is 593 g/mol. The number of ether oxygens (including phenoxy) is 2. The lowest BCUT2D eigenvalue weighted by molar-refractivity contribution is -0.0590. The van der Waals surface area contributed by atoms with Gasteiger partial charge in [-0.1, -0.05) is 17.7 Å². The molecule has 1 saturated carbocycles. The maximum absolute atomic E-state index is 11.6. The van der Waals surface area contributed by atoms with Crippen molar-refractivity contribution in [1.82, 2.24) is 14.5 Å². The maximum Gasteiger partial charge on any atom is 0.335 e. The summed E-state index contributed by atoms with van der Waals surface area (Å²) in [6, 6.07) is 12.8. The molecule has 1 aliphatic carbocycles. The number of imidazole rings is 1. The van der Waals surface area contributed by atoms with Crippen molar-refractivity contribution < 1.29 is 24.2 Å². The van der Waals surface area contributed by atoms with Crippen LogP contribution in [0.25, 0.3) is 11.0 Å². The molecule has 4 heterocycles. The number of ketones is 1. The van der Waals surface area contributed by atoms with Crippen LogP contribution in [0.3, 0.4) is 0 Å². The van der Waals surface area contributed by atoms with E-state index >= 15 is 0 Å². The number of hydrogen-bond donors (Lipinski definition) is 1. The van der Waals surface area contributed by atoms with Crippen LogP contribution in [-0.2, 0) is 24.3 Å². The Balaban J connectivity index is 1.10. The van der Waals surface area contributed by atoms with Crippen LogP contribution in [0, 0.1) is 5.92 Å². The molecule has 2 fully saturated rings. The van der Waals surface area contributed by atoms with Crippen LogP contribution in [0.15, 0.2) is 42.5 Å². The van der Waals surface area contributed by atoms with E-state index in [1.54, 1.807) is 18.2 Å². The van der Waals surface area contributed by atoms with Gasteiger partial charge in [0.1, 0.15) is 12.4 Å². The molecule has 3 aromatic heterocycles. The quantitative estimate of drug-likeness (QED) is 0.199. The Morgan fingerprint density at radius 2 is 1.93 bits per heavy atom. The number of benzene rings is 1. The average molecular weight is 594 g/mol. The fourth-order valence-electron chi connectivity index (χ4n) is 5.77. The summed E-state index contributed by atoms with van der Waals surface area (Å²) in [6.07, 6.45) is 6.24. The number of aromatic carboxylic acids is 1. The highest BCUT2D eigenvalue weighted by Gasteiger charge is 2.27. The molecule has 0 radical (unpaired) electrons. The van der Waals surface area contributed by atoms with E-state index in [2.05, 4.69) is 10.6 Å². The van der Waals surface area contributed by atoms with Crippen LogP contribution in [0.2, 0.25) is 5.02 Å². The van der Waals surface area contributed by atoms with Crippen molar-refractivity contribution in [1.29, 1.82) is 0 Å². The molecule has 4 aromatic rings. The Labute approximate surface area is 247 Å². The molecule has 0 amide bonds. The van der Waals surface area contributed by atoms with Crippen LogP contribution in [0.1, 0.15) is 81.4 Å². The number of carbonyl (C=O) groups is 2. The molecule has 2 aliphatic rings. The van der Waals surface area contributed by atoms with Gasteiger partial charge in [-0.15, -0.1) is 11.3 Å². The SMILES string of the molecule is CC(=O)c1cc(Cl)c(COc2cccc(C3CCC(Cc4nc5ccc(C(=O)O)cc5n4C[C@@H]4CCO4)CC3)n2)s1. The van der Waals surface area contributed by atoms with Gasteiger partial charge in [-0.05, 0) is 75.3 Å². The fourth-order valence-corrected chi connectivity index (χ4v) is 6.98. The van der Waals surface area contributed by atoms with Crippen LogP contribution in [-0.4, -0.2) is 44.1 Å². The van der Waals surface area contributed by atoms with Gasteiger partial charge in [0.15, 0.2) is 5.78 Å². The smallest absolute Gasteiger partial charge is 0.335 e. The van der Waals surface area contributed by atoms with Gasteiger partial charge >= 0.3 is 5.97 Å². The first-order valence-electron chi connectivity index (χ1n) is 14.1. The molecular formula is C31H32ClN3O5S. The zero-order valence-electron chi connectivity index (χ0n) is 22.8. The summed E-state index contributed by atoms with van der Waals surface area (Å²) in [5.74, 6) is 1.50. The fraction of sp³-hybridized carbons (Fsp3) is 0.419. The summed E-state index contributed by atoms with van der Waals surface area (Å²) in [7, 11) is 0. The predicted octanol–water partition coefficient (Wildman–Crippen LogP) is 6.93. The molecule has 0 spiro atoms. The number of carboxylic acid groups (broad SMARTS) is 1. The van der Waals surface area contributed by atoms with E-state index in [9.17, 15) is 14.7 Å². The average Bonchev–Trinajstić information content (AvgIpc) is 3.49. The number of carboxylic acids is 1. The summed E-state index contributed by atoms with van der Waals surface area (Å²) < 4.78 is 13.8. The van der Waals surface area contributed by atoms with Gasteiger partial charge in [0.05, 0.1) is 44.0 Å². The van der Waals surface area contributed by atoms with Crippen molar-refractivity contribution >= 4 is 45.7 Å². The minimum Gasteiger partial charge on any atom is -0.478 e. The van der Waals surface area contributed by atoms with Gasteiger partial charge in [-0.2, -0.15) is 0 Å². The molecule has 10 heteroatoms. The Morgan fingerprint density at radius 1 is 1.12 bits per heavy atom. The molecule has 1 aliphatic heterocycles. The second-order valence-corrected chi connectivity index (χ2v) is 12.5. The highest BCUT2D eigenvalue weighted by molar-refractivity contribution is 7.14. The first-order chi connectivity index (χ1) is 19.8. The molecule has 1 saturated heterocycles. The number of Topliss-reactive ketones (excluding diaryl/α,β-unsaturated/α-hetero) is 1. The van der Waals surface area contributed by atoms with Crippen LogP contribution in [0.4, 0.5) is 0 Å². The first kappa shape index (κ1) is 27.9. The lowest BCUT2D eigenvalue weighted by Gasteiger charge is -2.30. The molecule has 0 unspecified atom stereocenters. The van der Waals surface area contributed by atoms with E-state index in [0.717, 1.165) is 72.6 Å². The molecule has 1 N–H and O–H groups in total. The highest BCUT2D eigenvalue weighted by Crippen LogP contribution is 2.37. The first-order valence-corrected chi connectivity index (χ1v) is 15.3. The molecule has 1 atom stereocenters. The summed E-state index contributed by atoms with van der Waals surface area (Å²) >= 11 is 7.65. The second kappa shape index (κ2) is 11.9. The number of nitrogens with zero attached hydrogens (tertiary/aromatic N) is 3. The number of rotatable bonds is 10. The molecule has 8 nitrogen and oxygen atoms in total. The number of aromatic nitrogens is 3. The van der Waals surface area contributed by atoms with Crippen molar-refractivity contribution in [3.8, 4) is 5.88 Å². The van der Waals surface area contributed by atoms with Crippen LogP contribution < -0.4 is 4.74 Å². The van der Waals surface area contributed by atoms with Gasteiger partial charge in [-0.3, -0.25) is 4.79 Å². The second-order valence-electron chi connectivity index (χ2n) is 11.0. The maximum atomic E-state index is 11.6. The topological polar surface area (TPSA) is 104 Å². The van der Waals surface area contributed by atoms with E-state index in [1.165, 1.54) is 18.3 Å². The van der Waals surface area contributed by atoms with E-state index in [-0.39, 0.29) is 24.1 Å². The number of thiophene rings is 1. The Kier molecular flexibility index (Phi) is 8.10. The standard InChI is InChI=1S/C31H32ClN3O5S/c1-18(36)27-15-23(32)28(41-27)17-40-30-4-2-3-24(34-30)20-7-5-19(6-8-20)13-29-33-25-10-9-21(31(37)38)14-26(25)35(29)16-22-11-12-39-22/h2-4,9-10,14-15,19-20,22H,5-8,11-13,16-17H2,1H3,(H,37,38)/t19?,20?,22-/m0/s1. The molecule has 6 rings (SSSR count). The summed E-state index contributed by atoms with van der Waals surface area (Å²) in [6.45, 7) is 3.29. The lowest BCUT2D eigenvalue weighted by Crippen LogP contribution is -2.32. The number of pyridine rings is 1. The molecule has 1 aromatic carbocycles. The van der Waals surface area contributed by atoms with Gasteiger partial charge in [0.2, 0.25) is 5.88 Å². The zero-order chi connectivity index (χ0) is 28.5. The number of fused-ring (bicyclic) bond motifs is 1. The largest absolute Gasteiger partial charge is 0.478 e. The minimum absolute atomic E-state index is 0.00386. The Bertz CT molecular complexity index is 1590. The minimum atomic E-state index is -0.931. The molecule has 0 bridgehead atoms. The Hall–Kier alpha value is -3.27.